The van der Waals surface area contributed by atoms with Crippen LogP contribution in [0.25, 0.3) is 0 Å². The fraction of sp³-hybridized carbons (Fsp3) is 0.786. The van der Waals surface area contributed by atoms with Crippen molar-refractivity contribution in [2.75, 3.05) is 13.2 Å². The monoisotopic (exact) mass is 256 g/mol. The summed E-state index contributed by atoms with van der Waals surface area (Å²) in [5, 5.41) is 0. The van der Waals surface area contributed by atoms with Gasteiger partial charge >= 0.3 is 5.97 Å². The number of carbonyl (C=O) groups excluding carboxylic acids is 1. The van der Waals surface area contributed by atoms with Crippen LogP contribution in [0, 0.1) is 0 Å². The van der Waals surface area contributed by atoms with Gasteiger partial charge in [-0.2, -0.15) is 0 Å². The summed E-state index contributed by atoms with van der Waals surface area (Å²) in [7, 11) is 0. The largest absolute Gasteiger partial charge is 0.466 e. The maximum atomic E-state index is 11.1. The van der Waals surface area contributed by atoms with Crippen molar-refractivity contribution in [1.29, 1.82) is 0 Å². The standard InChI is InChI=1S/C14H24O4/c1-4-14(5-2)17-11-12(18-14)9-7-8-10-13(15)16-6-3/h7,9,12H,4-6,8,10-11H2,1-3H3/b9-7+/t12-/m0/s1. The molecule has 4 nitrogen and oxygen atoms in total. The third-order valence-corrected chi connectivity index (χ3v) is 3.13. The predicted molar refractivity (Wildman–Crippen MR) is 69.1 cm³/mol. The van der Waals surface area contributed by atoms with Crippen molar-refractivity contribution in [1.82, 2.24) is 0 Å². The molecule has 4 heteroatoms. The van der Waals surface area contributed by atoms with Crippen LogP contribution in [0.3, 0.4) is 0 Å². The van der Waals surface area contributed by atoms with E-state index in [2.05, 4.69) is 13.8 Å². The average molecular weight is 256 g/mol. The van der Waals surface area contributed by atoms with Gasteiger partial charge in [0.25, 0.3) is 0 Å². The van der Waals surface area contributed by atoms with E-state index in [1.807, 2.05) is 19.1 Å². The Morgan fingerprint density at radius 1 is 1.39 bits per heavy atom. The van der Waals surface area contributed by atoms with Gasteiger partial charge in [-0.15, -0.1) is 0 Å². The maximum absolute atomic E-state index is 11.1. The molecule has 0 bridgehead atoms. The van der Waals surface area contributed by atoms with Crippen molar-refractivity contribution >= 4 is 5.97 Å². The van der Waals surface area contributed by atoms with Crippen LogP contribution in [-0.4, -0.2) is 31.1 Å². The molecule has 1 heterocycles. The number of carbonyl (C=O) groups is 1. The molecule has 0 aromatic heterocycles. The highest BCUT2D eigenvalue weighted by molar-refractivity contribution is 5.69. The molecular formula is C14H24O4. The molecule has 0 saturated carbocycles. The minimum atomic E-state index is -0.407. The topological polar surface area (TPSA) is 44.8 Å². The van der Waals surface area contributed by atoms with Gasteiger partial charge in [0.1, 0.15) is 6.10 Å². The van der Waals surface area contributed by atoms with Crippen LogP contribution in [0.15, 0.2) is 12.2 Å². The molecule has 1 fully saturated rings. The summed E-state index contributed by atoms with van der Waals surface area (Å²) in [6, 6.07) is 0. The normalized spacial score (nSPS) is 22.5. The Labute approximate surface area is 109 Å². The molecule has 1 aliphatic heterocycles. The van der Waals surface area contributed by atoms with Gasteiger partial charge in [0.15, 0.2) is 5.79 Å². The average Bonchev–Trinajstić information content (AvgIpc) is 2.79. The molecule has 104 valence electrons. The fourth-order valence-electron chi connectivity index (χ4n) is 1.98. The highest BCUT2D eigenvalue weighted by atomic mass is 16.7. The van der Waals surface area contributed by atoms with E-state index in [9.17, 15) is 4.79 Å². The summed E-state index contributed by atoms with van der Waals surface area (Å²) < 4.78 is 16.4. The van der Waals surface area contributed by atoms with E-state index >= 15 is 0 Å². The Hall–Kier alpha value is -0.870. The van der Waals surface area contributed by atoms with Crippen molar-refractivity contribution in [3.8, 4) is 0 Å². The molecule has 0 aliphatic carbocycles. The van der Waals surface area contributed by atoms with E-state index in [-0.39, 0.29) is 12.1 Å². The van der Waals surface area contributed by atoms with Crippen molar-refractivity contribution < 1.29 is 19.0 Å². The zero-order valence-corrected chi connectivity index (χ0v) is 11.6. The van der Waals surface area contributed by atoms with Crippen LogP contribution in [-0.2, 0) is 19.0 Å². The van der Waals surface area contributed by atoms with Gasteiger partial charge in [-0.05, 0) is 26.2 Å². The van der Waals surface area contributed by atoms with Gasteiger partial charge in [-0.25, -0.2) is 0 Å². The highest BCUT2D eigenvalue weighted by Gasteiger charge is 2.37. The van der Waals surface area contributed by atoms with Gasteiger partial charge in [-0.3, -0.25) is 4.79 Å². The van der Waals surface area contributed by atoms with Crippen LogP contribution in [0.2, 0.25) is 0 Å². The molecule has 0 spiro atoms. The molecule has 18 heavy (non-hydrogen) atoms. The first-order valence-electron chi connectivity index (χ1n) is 6.79. The SMILES string of the molecule is CCOC(=O)CC/C=C/[C@H]1COC(CC)(CC)O1. The van der Waals surface area contributed by atoms with Crippen molar-refractivity contribution in [3.63, 3.8) is 0 Å². The fourth-order valence-corrected chi connectivity index (χ4v) is 1.98. The molecule has 0 aromatic carbocycles. The number of esters is 1. The Bertz CT molecular complexity index is 282. The van der Waals surface area contributed by atoms with E-state index in [1.54, 1.807) is 0 Å². The zero-order chi connectivity index (χ0) is 13.4. The van der Waals surface area contributed by atoms with E-state index < -0.39 is 5.79 Å². The van der Waals surface area contributed by atoms with E-state index in [1.165, 1.54) is 0 Å². The maximum Gasteiger partial charge on any atom is 0.306 e. The van der Waals surface area contributed by atoms with Gasteiger partial charge in [0.05, 0.1) is 13.2 Å². The number of ether oxygens (including phenoxy) is 3. The second-order valence-electron chi connectivity index (χ2n) is 4.36. The number of hydrogen-bond donors (Lipinski definition) is 0. The summed E-state index contributed by atoms with van der Waals surface area (Å²) in [5.74, 6) is -0.557. The molecule has 1 saturated heterocycles. The van der Waals surface area contributed by atoms with Crippen LogP contribution in [0.5, 0.6) is 0 Å². The second-order valence-corrected chi connectivity index (χ2v) is 4.36. The lowest BCUT2D eigenvalue weighted by Crippen LogP contribution is -2.28. The molecule has 0 aromatic rings. The van der Waals surface area contributed by atoms with Crippen LogP contribution in [0.1, 0.15) is 46.5 Å². The summed E-state index contributed by atoms with van der Waals surface area (Å²) in [6.45, 7) is 6.98. The highest BCUT2D eigenvalue weighted by Crippen LogP contribution is 2.30. The molecule has 0 unspecified atom stereocenters. The molecule has 1 aliphatic rings. The second kappa shape index (κ2) is 7.54. The van der Waals surface area contributed by atoms with Gasteiger partial charge in [0, 0.05) is 6.42 Å². The Balaban J connectivity index is 2.26. The molecule has 0 N–H and O–H groups in total. The van der Waals surface area contributed by atoms with E-state index in [4.69, 9.17) is 14.2 Å². The lowest BCUT2D eigenvalue weighted by Gasteiger charge is -2.24. The van der Waals surface area contributed by atoms with Gasteiger partial charge in [-0.1, -0.05) is 26.0 Å². The van der Waals surface area contributed by atoms with Gasteiger partial charge < -0.3 is 14.2 Å². The first kappa shape index (κ1) is 15.2. The van der Waals surface area contributed by atoms with Crippen molar-refractivity contribution in [2.24, 2.45) is 0 Å². The molecule has 1 rings (SSSR count). The minimum absolute atomic E-state index is 0.00657. The molecule has 0 amide bonds. The molecule has 0 radical (unpaired) electrons. The summed E-state index contributed by atoms with van der Waals surface area (Å²) in [6.07, 6.45) is 6.77. The third kappa shape index (κ3) is 4.42. The minimum Gasteiger partial charge on any atom is -0.466 e. The van der Waals surface area contributed by atoms with Crippen LogP contribution >= 0.6 is 0 Å². The summed E-state index contributed by atoms with van der Waals surface area (Å²) in [4.78, 5) is 11.1. The smallest absolute Gasteiger partial charge is 0.306 e. The van der Waals surface area contributed by atoms with Crippen LogP contribution in [0.4, 0.5) is 0 Å². The quantitative estimate of drug-likeness (QED) is 0.519. The summed E-state index contributed by atoms with van der Waals surface area (Å²) in [5.41, 5.74) is 0. The third-order valence-electron chi connectivity index (χ3n) is 3.13. The van der Waals surface area contributed by atoms with E-state index in [0.717, 1.165) is 12.8 Å². The lowest BCUT2D eigenvalue weighted by molar-refractivity contribution is -0.167. The van der Waals surface area contributed by atoms with E-state index in [0.29, 0.717) is 26.1 Å². The number of rotatable bonds is 7. The number of hydrogen-bond acceptors (Lipinski definition) is 4. The first-order chi connectivity index (χ1) is 8.65. The Kier molecular flexibility index (Phi) is 6.36. The Morgan fingerprint density at radius 3 is 2.67 bits per heavy atom. The predicted octanol–water partition coefficient (Wildman–Crippen LogP) is 2.82. The lowest BCUT2D eigenvalue weighted by atomic mass is 10.1. The summed E-state index contributed by atoms with van der Waals surface area (Å²) >= 11 is 0. The molecular weight excluding hydrogens is 232 g/mol. The van der Waals surface area contributed by atoms with Crippen LogP contribution < -0.4 is 0 Å². The molecule has 1 atom stereocenters. The van der Waals surface area contributed by atoms with Crippen molar-refractivity contribution in [3.05, 3.63) is 12.2 Å². The Morgan fingerprint density at radius 2 is 2.11 bits per heavy atom. The van der Waals surface area contributed by atoms with Crippen molar-refractivity contribution in [2.45, 2.75) is 58.3 Å². The first-order valence-corrected chi connectivity index (χ1v) is 6.79. The number of allylic oxidation sites excluding steroid dienone is 1. The van der Waals surface area contributed by atoms with Gasteiger partial charge in [0.2, 0.25) is 0 Å². The zero-order valence-electron chi connectivity index (χ0n) is 11.6.